The fourth-order valence-electron chi connectivity index (χ4n) is 2.48. The first-order valence-electron chi connectivity index (χ1n) is 7.30. The molecule has 1 aromatic rings. The third-order valence-corrected chi connectivity index (χ3v) is 5.40. The molecule has 1 saturated heterocycles. The highest BCUT2D eigenvalue weighted by Crippen LogP contribution is 2.36. The molecule has 2 atom stereocenters. The first kappa shape index (κ1) is 15.4. The van der Waals surface area contributed by atoms with Crippen LogP contribution < -0.4 is 11.1 Å². The van der Waals surface area contributed by atoms with Gasteiger partial charge in [0.15, 0.2) is 0 Å². The van der Waals surface area contributed by atoms with Crippen molar-refractivity contribution >= 4 is 17.7 Å². The average molecular weight is 292 g/mol. The van der Waals surface area contributed by atoms with Gasteiger partial charge in [-0.2, -0.15) is 11.8 Å². The maximum absolute atomic E-state index is 12.0. The molecule has 3 N–H and O–H groups in total. The lowest BCUT2D eigenvalue weighted by Gasteiger charge is -2.24. The van der Waals surface area contributed by atoms with Crippen LogP contribution in [0.25, 0.3) is 0 Å². The summed E-state index contributed by atoms with van der Waals surface area (Å²) in [5.74, 6) is 1.18. The van der Waals surface area contributed by atoms with Crippen molar-refractivity contribution in [3.8, 4) is 0 Å². The Morgan fingerprint density at radius 3 is 2.85 bits per heavy atom. The summed E-state index contributed by atoms with van der Waals surface area (Å²) in [4.78, 5) is 12.0. The minimum absolute atomic E-state index is 0.0188. The lowest BCUT2D eigenvalue weighted by atomic mass is 10.0. The molecule has 1 aromatic carbocycles. The fraction of sp³-hybridized carbons (Fsp3) is 0.562. The third-order valence-electron chi connectivity index (χ3n) is 3.86. The molecule has 0 bridgehead atoms. The lowest BCUT2D eigenvalue weighted by molar-refractivity contribution is -0.122. The van der Waals surface area contributed by atoms with Crippen molar-refractivity contribution in [1.82, 2.24) is 5.32 Å². The van der Waals surface area contributed by atoms with Gasteiger partial charge in [0.1, 0.15) is 0 Å². The van der Waals surface area contributed by atoms with Gasteiger partial charge < -0.3 is 11.1 Å². The minimum atomic E-state index is -0.412. The molecular formula is C16H24N2OS. The number of carbonyl (C=O) groups is 1. The topological polar surface area (TPSA) is 55.1 Å². The van der Waals surface area contributed by atoms with E-state index in [1.165, 1.54) is 24.2 Å². The molecule has 1 aliphatic rings. The SMILES string of the molecule is CC1(CNC(=O)C(N)CCc2ccccc2)CCCS1. The molecule has 2 rings (SSSR count). The zero-order valence-electron chi connectivity index (χ0n) is 12.1. The highest BCUT2D eigenvalue weighted by atomic mass is 32.2. The molecule has 2 unspecified atom stereocenters. The van der Waals surface area contributed by atoms with Crippen LogP contribution in [0, 0.1) is 0 Å². The molecule has 0 aromatic heterocycles. The molecule has 0 radical (unpaired) electrons. The Labute approximate surface area is 125 Å². The molecule has 1 heterocycles. The van der Waals surface area contributed by atoms with E-state index in [9.17, 15) is 4.79 Å². The summed E-state index contributed by atoms with van der Waals surface area (Å²) in [5, 5.41) is 3.02. The zero-order valence-corrected chi connectivity index (χ0v) is 12.9. The molecule has 20 heavy (non-hydrogen) atoms. The number of hydrogen-bond donors (Lipinski definition) is 2. The number of rotatable bonds is 6. The maximum atomic E-state index is 12.0. The van der Waals surface area contributed by atoms with Crippen molar-refractivity contribution < 1.29 is 4.79 Å². The van der Waals surface area contributed by atoms with E-state index in [-0.39, 0.29) is 10.7 Å². The zero-order chi connectivity index (χ0) is 14.4. The Hall–Kier alpha value is -1.00. The number of aryl methyl sites for hydroxylation is 1. The van der Waals surface area contributed by atoms with E-state index < -0.39 is 6.04 Å². The molecule has 0 spiro atoms. The van der Waals surface area contributed by atoms with Crippen molar-refractivity contribution in [3.05, 3.63) is 35.9 Å². The summed E-state index contributed by atoms with van der Waals surface area (Å²) < 4.78 is 0.203. The van der Waals surface area contributed by atoms with E-state index in [0.717, 1.165) is 13.0 Å². The first-order chi connectivity index (χ1) is 9.59. The van der Waals surface area contributed by atoms with E-state index >= 15 is 0 Å². The van der Waals surface area contributed by atoms with Gasteiger partial charge >= 0.3 is 0 Å². The highest BCUT2D eigenvalue weighted by Gasteiger charge is 2.30. The van der Waals surface area contributed by atoms with Gasteiger partial charge in [0.2, 0.25) is 5.91 Å². The van der Waals surface area contributed by atoms with Gasteiger partial charge in [-0.1, -0.05) is 30.3 Å². The Morgan fingerprint density at radius 2 is 2.20 bits per heavy atom. The number of amides is 1. The molecule has 0 aliphatic carbocycles. The van der Waals surface area contributed by atoms with Crippen LogP contribution in [0.2, 0.25) is 0 Å². The van der Waals surface area contributed by atoms with Crippen LogP contribution in [-0.2, 0) is 11.2 Å². The van der Waals surface area contributed by atoms with Crippen LogP contribution in [0.4, 0.5) is 0 Å². The number of hydrogen-bond acceptors (Lipinski definition) is 3. The van der Waals surface area contributed by atoms with Gasteiger partial charge in [-0.25, -0.2) is 0 Å². The fourth-order valence-corrected chi connectivity index (χ4v) is 3.72. The summed E-state index contributed by atoms with van der Waals surface area (Å²) in [6, 6.07) is 9.75. The van der Waals surface area contributed by atoms with Gasteiger partial charge in [-0.15, -0.1) is 0 Å². The van der Waals surface area contributed by atoms with E-state index in [1.807, 2.05) is 30.0 Å². The van der Waals surface area contributed by atoms with E-state index in [2.05, 4.69) is 24.4 Å². The molecule has 3 nitrogen and oxygen atoms in total. The number of carbonyl (C=O) groups excluding carboxylic acids is 1. The summed E-state index contributed by atoms with van der Waals surface area (Å²) in [6.07, 6.45) is 3.97. The Kier molecular flexibility index (Phi) is 5.49. The summed E-state index contributed by atoms with van der Waals surface area (Å²) in [7, 11) is 0. The second kappa shape index (κ2) is 7.14. The van der Waals surface area contributed by atoms with Crippen molar-refractivity contribution in [2.45, 2.75) is 43.4 Å². The van der Waals surface area contributed by atoms with E-state index in [4.69, 9.17) is 5.73 Å². The van der Waals surface area contributed by atoms with Crippen LogP contribution in [0.15, 0.2) is 30.3 Å². The van der Waals surface area contributed by atoms with Gasteiger partial charge in [-0.3, -0.25) is 4.79 Å². The Balaban J connectivity index is 1.72. The van der Waals surface area contributed by atoms with Gasteiger partial charge in [0.05, 0.1) is 6.04 Å². The maximum Gasteiger partial charge on any atom is 0.236 e. The first-order valence-corrected chi connectivity index (χ1v) is 8.29. The molecule has 1 fully saturated rings. The molecule has 1 aliphatic heterocycles. The molecule has 1 amide bonds. The van der Waals surface area contributed by atoms with Crippen LogP contribution in [-0.4, -0.2) is 29.0 Å². The van der Waals surface area contributed by atoms with Crippen molar-refractivity contribution in [1.29, 1.82) is 0 Å². The normalized spacial score (nSPS) is 23.5. The van der Waals surface area contributed by atoms with Crippen LogP contribution in [0.3, 0.4) is 0 Å². The molecule has 0 saturated carbocycles. The van der Waals surface area contributed by atoms with Crippen molar-refractivity contribution in [2.24, 2.45) is 5.73 Å². The highest BCUT2D eigenvalue weighted by molar-refractivity contribution is 8.00. The second-order valence-corrected chi connectivity index (χ2v) is 7.43. The van der Waals surface area contributed by atoms with E-state index in [0.29, 0.717) is 6.42 Å². The summed E-state index contributed by atoms with van der Waals surface area (Å²) >= 11 is 1.95. The third kappa shape index (κ3) is 4.53. The number of thioether (sulfide) groups is 1. The van der Waals surface area contributed by atoms with Crippen molar-refractivity contribution in [2.75, 3.05) is 12.3 Å². The Bertz CT molecular complexity index is 429. The monoisotopic (exact) mass is 292 g/mol. The number of nitrogens with one attached hydrogen (secondary N) is 1. The van der Waals surface area contributed by atoms with Crippen LogP contribution in [0.5, 0.6) is 0 Å². The Morgan fingerprint density at radius 1 is 1.45 bits per heavy atom. The van der Waals surface area contributed by atoms with Crippen molar-refractivity contribution in [3.63, 3.8) is 0 Å². The molecule has 110 valence electrons. The van der Waals surface area contributed by atoms with Gasteiger partial charge in [0.25, 0.3) is 0 Å². The smallest absolute Gasteiger partial charge is 0.236 e. The molecular weight excluding hydrogens is 268 g/mol. The second-order valence-electron chi connectivity index (χ2n) is 5.75. The van der Waals surface area contributed by atoms with Crippen LogP contribution in [0.1, 0.15) is 31.7 Å². The standard InChI is InChI=1S/C16H24N2OS/c1-16(10-5-11-20-16)12-18-15(19)14(17)9-8-13-6-3-2-4-7-13/h2-4,6-7,14H,5,8-12,17H2,1H3,(H,18,19). The molecule has 4 heteroatoms. The summed E-state index contributed by atoms with van der Waals surface area (Å²) in [5.41, 5.74) is 7.20. The average Bonchev–Trinajstić information content (AvgIpc) is 2.90. The largest absolute Gasteiger partial charge is 0.353 e. The van der Waals surface area contributed by atoms with Gasteiger partial charge in [0, 0.05) is 11.3 Å². The van der Waals surface area contributed by atoms with E-state index in [1.54, 1.807) is 0 Å². The quantitative estimate of drug-likeness (QED) is 0.846. The predicted octanol–water partition coefficient (Wildman–Crippen LogP) is 2.35. The minimum Gasteiger partial charge on any atom is -0.353 e. The number of nitrogens with two attached hydrogens (primary N) is 1. The number of benzene rings is 1. The predicted molar refractivity (Wildman–Crippen MR) is 85.8 cm³/mol. The van der Waals surface area contributed by atoms with Crippen LogP contribution >= 0.6 is 11.8 Å². The lowest BCUT2D eigenvalue weighted by Crippen LogP contribution is -2.45. The van der Waals surface area contributed by atoms with Gasteiger partial charge in [-0.05, 0) is 43.9 Å². The summed E-state index contributed by atoms with van der Waals surface area (Å²) in [6.45, 7) is 2.95.